The Morgan fingerprint density at radius 2 is 2.27 bits per heavy atom. The van der Waals surface area contributed by atoms with Crippen molar-refractivity contribution in [3.8, 4) is 0 Å². The van der Waals surface area contributed by atoms with Gasteiger partial charge in [0.1, 0.15) is 0 Å². The summed E-state index contributed by atoms with van der Waals surface area (Å²) in [6.45, 7) is 8.01. The van der Waals surface area contributed by atoms with E-state index in [0.29, 0.717) is 11.8 Å². The Morgan fingerprint density at radius 3 is 2.80 bits per heavy atom. The lowest BCUT2D eigenvalue weighted by Gasteiger charge is -2.21. The van der Waals surface area contributed by atoms with Crippen molar-refractivity contribution >= 4 is 10.8 Å². The van der Waals surface area contributed by atoms with Crippen LogP contribution in [-0.4, -0.2) is 40.5 Å². The normalized spacial score (nSPS) is 27.5. The second-order valence-corrected chi connectivity index (χ2v) is 6.07. The van der Waals surface area contributed by atoms with E-state index in [4.69, 9.17) is 4.74 Å². The van der Waals surface area contributed by atoms with Crippen molar-refractivity contribution in [3.05, 3.63) is 0 Å². The van der Waals surface area contributed by atoms with Gasteiger partial charge in [0.25, 0.3) is 0 Å². The van der Waals surface area contributed by atoms with Crippen LogP contribution in [0.25, 0.3) is 0 Å². The molecule has 1 saturated heterocycles. The van der Waals surface area contributed by atoms with Gasteiger partial charge in [-0.3, -0.25) is 4.21 Å². The molecule has 1 fully saturated rings. The van der Waals surface area contributed by atoms with Crippen LogP contribution in [0.1, 0.15) is 33.6 Å². The number of ether oxygens (including phenoxy) is 1. The van der Waals surface area contributed by atoms with Gasteiger partial charge in [-0.25, -0.2) is 0 Å². The molecule has 0 aliphatic carbocycles. The number of hydrogen-bond donors (Lipinski definition) is 1. The van der Waals surface area contributed by atoms with Crippen LogP contribution in [0.3, 0.4) is 0 Å². The average molecular weight is 233 g/mol. The van der Waals surface area contributed by atoms with Gasteiger partial charge in [0, 0.05) is 28.7 Å². The molecule has 0 bridgehead atoms. The molecule has 0 spiro atoms. The predicted molar refractivity (Wildman–Crippen MR) is 64.6 cm³/mol. The van der Waals surface area contributed by atoms with Gasteiger partial charge in [-0.05, 0) is 33.2 Å². The molecular formula is C11H23NO2S. The Kier molecular flexibility index (Phi) is 5.79. The molecule has 4 heteroatoms. The van der Waals surface area contributed by atoms with Gasteiger partial charge in [-0.15, -0.1) is 0 Å². The molecule has 0 aromatic heterocycles. The third-order valence-corrected chi connectivity index (χ3v) is 4.96. The predicted octanol–water partition coefficient (Wildman–Crippen LogP) is 1.30. The van der Waals surface area contributed by atoms with E-state index in [9.17, 15) is 4.21 Å². The summed E-state index contributed by atoms with van der Waals surface area (Å²) in [7, 11) is -0.774. The van der Waals surface area contributed by atoms with E-state index >= 15 is 0 Å². The van der Waals surface area contributed by atoms with E-state index in [1.165, 1.54) is 0 Å². The van der Waals surface area contributed by atoms with Crippen LogP contribution in [0.2, 0.25) is 0 Å². The lowest BCUT2D eigenvalue weighted by Crippen LogP contribution is -2.39. The zero-order valence-corrected chi connectivity index (χ0v) is 10.8. The molecule has 0 aromatic carbocycles. The minimum absolute atomic E-state index is 0.203. The zero-order valence-electron chi connectivity index (χ0n) is 9.99. The second kappa shape index (κ2) is 6.61. The molecule has 1 N–H and O–H groups in total. The van der Waals surface area contributed by atoms with Crippen molar-refractivity contribution < 1.29 is 8.95 Å². The molecule has 1 rings (SSSR count). The van der Waals surface area contributed by atoms with Gasteiger partial charge in [0.2, 0.25) is 0 Å². The summed E-state index contributed by atoms with van der Waals surface area (Å²) >= 11 is 0. The monoisotopic (exact) mass is 233 g/mol. The molecule has 1 aliphatic heterocycles. The summed E-state index contributed by atoms with van der Waals surface area (Å²) in [5.41, 5.74) is 0. The van der Waals surface area contributed by atoms with E-state index < -0.39 is 10.8 Å². The Bertz CT molecular complexity index is 205. The van der Waals surface area contributed by atoms with Crippen molar-refractivity contribution in [1.29, 1.82) is 0 Å². The molecule has 1 heterocycles. The van der Waals surface area contributed by atoms with Gasteiger partial charge in [-0.1, -0.05) is 6.92 Å². The molecule has 0 radical (unpaired) electrons. The molecule has 4 unspecified atom stereocenters. The molecule has 1 aliphatic rings. The molecule has 0 saturated carbocycles. The fourth-order valence-corrected chi connectivity index (χ4v) is 3.31. The Morgan fingerprint density at radius 1 is 1.53 bits per heavy atom. The summed E-state index contributed by atoms with van der Waals surface area (Å²) in [6, 6.07) is 0.317. The van der Waals surface area contributed by atoms with E-state index in [-0.39, 0.29) is 11.4 Å². The molecule has 0 aromatic rings. The first-order valence-electron chi connectivity index (χ1n) is 5.87. The molecule has 3 nitrogen and oxygen atoms in total. The van der Waals surface area contributed by atoms with Crippen molar-refractivity contribution in [2.75, 3.05) is 18.9 Å². The summed E-state index contributed by atoms with van der Waals surface area (Å²) < 4.78 is 17.5. The second-order valence-electron chi connectivity index (χ2n) is 4.23. The Balaban J connectivity index is 2.31. The number of nitrogens with one attached hydrogen (secondary N) is 1. The van der Waals surface area contributed by atoms with Crippen molar-refractivity contribution in [2.45, 2.75) is 51.0 Å². The minimum atomic E-state index is -0.774. The third kappa shape index (κ3) is 4.21. The fourth-order valence-electron chi connectivity index (χ4n) is 1.83. The van der Waals surface area contributed by atoms with Crippen LogP contribution in [0.15, 0.2) is 0 Å². The summed E-state index contributed by atoms with van der Waals surface area (Å²) in [6.07, 6.45) is 2.44. The van der Waals surface area contributed by atoms with Crippen LogP contribution >= 0.6 is 0 Å². The van der Waals surface area contributed by atoms with Gasteiger partial charge < -0.3 is 10.1 Å². The highest BCUT2D eigenvalue weighted by molar-refractivity contribution is 7.85. The van der Waals surface area contributed by atoms with Gasteiger partial charge in [0.05, 0.1) is 11.9 Å². The maximum absolute atomic E-state index is 12.0. The van der Waals surface area contributed by atoms with E-state index in [0.717, 1.165) is 26.0 Å². The van der Waals surface area contributed by atoms with Gasteiger partial charge >= 0.3 is 0 Å². The summed E-state index contributed by atoms with van der Waals surface area (Å²) in [4.78, 5) is 0. The van der Waals surface area contributed by atoms with Crippen molar-refractivity contribution in [3.63, 3.8) is 0 Å². The highest BCUT2D eigenvalue weighted by atomic mass is 32.2. The molecule has 0 amide bonds. The van der Waals surface area contributed by atoms with Gasteiger partial charge in [-0.2, -0.15) is 0 Å². The van der Waals surface area contributed by atoms with Crippen LogP contribution in [-0.2, 0) is 15.5 Å². The first-order valence-corrected chi connectivity index (χ1v) is 7.25. The van der Waals surface area contributed by atoms with Crippen LogP contribution in [0.4, 0.5) is 0 Å². The number of hydrogen-bond acceptors (Lipinski definition) is 3. The van der Waals surface area contributed by atoms with E-state index in [1.54, 1.807) is 0 Å². The maximum atomic E-state index is 12.0. The first-order chi connectivity index (χ1) is 7.15. The lowest BCUT2D eigenvalue weighted by molar-refractivity contribution is 0.128. The van der Waals surface area contributed by atoms with E-state index in [2.05, 4.69) is 26.1 Å². The Hall–Kier alpha value is 0.0700. The van der Waals surface area contributed by atoms with Crippen LogP contribution in [0, 0.1) is 0 Å². The third-order valence-electron chi connectivity index (χ3n) is 3.02. The standard InChI is InChI=1S/C11H23NO2S/c1-4-12-9(2)10(3)15(13)8-11-6-5-7-14-11/h9-12H,4-8H2,1-3H3. The summed E-state index contributed by atoms with van der Waals surface area (Å²) in [5, 5.41) is 3.52. The van der Waals surface area contributed by atoms with Crippen molar-refractivity contribution in [2.24, 2.45) is 0 Å². The zero-order chi connectivity index (χ0) is 11.3. The lowest BCUT2D eigenvalue weighted by atomic mass is 10.2. The maximum Gasteiger partial charge on any atom is 0.0691 e. The van der Waals surface area contributed by atoms with E-state index in [1.807, 2.05) is 0 Å². The van der Waals surface area contributed by atoms with Crippen molar-refractivity contribution in [1.82, 2.24) is 5.32 Å². The largest absolute Gasteiger partial charge is 0.377 e. The van der Waals surface area contributed by atoms with Gasteiger partial charge in [0.15, 0.2) is 0 Å². The fraction of sp³-hybridized carbons (Fsp3) is 1.00. The Labute approximate surface area is 95.4 Å². The SMILES string of the molecule is CCNC(C)C(C)S(=O)CC1CCCO1. The molecule has 4 atom stereocenters. The first kappa shape index (κ1) is 13.1. The summed E-state index contributed by atoms with van der Waals surface area (Å²) in [5.74, 6) is 0.705. The quantitative estimate of drug-likeness (QED) is 0.751. The topological polar surface area (TPSA) is 38.3 Å². The van der Waals surface area contributed by atoms with Crippen LogP contribution < -0.4 is 5.32 Å². The van der Waals surface area contributed by atoms with Crippen LogP contribution in [0.5, 0.6) is 0 Å². The minimum Gasteiger partial charge on any atom is -0.377 e. The smallest absolute Gasteiger partial charge is 0.0691 e. The highest BCUT2D eigenvalue weighted by Gasteiger charge is 2.23. The molecule has 90 valence electrons. The number of rotatable bonds is 6. The average Bonchev–Trinajstić information content (AvgIpc) is 2.69. The molecular weight excluding hydrogens is 210 g/mol. The molecule has 15 heavy (non-hydrogen) atoms. The highest BCUT2D eigenvalue weighted by Crippen LogP contribution is 2.15.